The number of hydrogen-bond donors (Lipinski definition) is 0. The molecule has 4 rings (SSSR count). The van der Waals surface area contributed by atoms with Crippen LogP contribution in [0, 0.1) is 0 Å². The molecule has 1 heterocycles. The number of hydrogen-bond acceptors (Lipinski definition) is 5. The average Bonchev–Trinajstić information content (AvgIpc) is 2.70. The van der Waals surface area contributed by atoms with Crippen LogP contribution in [0.4, 0.5) is 0 Å². The highest BCUT2D eigenvalue weighted by atomic mass is 32.2. The lowest BCUT2D eigenvalue weighted by atomic mass is 10.1. The second-order valence-electron chi connectivity index (χ2n) is 5.83. The van der Waals surface area contributed by atoms with E-state index in [-0.39, 0.29) is 0 Å². The average molecular weight is 362 g/mol. The van der Waals surface area contributed by atoms with Gasteiger partial charge in [-0.25, -0.2) is 9.97 Å². The summed E-state index contributed by atoms with van der Waals surface area (Å²) in [5.41, 5.74) is 2.79. The third-order valence-electron chi connectivity index (χ3n) is 4.20. The molecular formula is C21H18N2O2S. The van der Waals surface area contributed by atoms with Crippen LogP contribution in [0.15, 0.2) is 65.6 Å². The van der Waals surface area contributed by atoms with Crippen molar-refractivity contribution >= 4 is 33.6 Å². The quantitative estimate of drug-likeness (QED) is 0.463. The molecule has 4 aromatic rings. The standard InChI is InChI=1S/C21H18N2O2S/c1-24-20-21(25-2)23-18-12-14(10-11-17(18)22-20)13-26-19-9-5-7-15-6-3-4-8-16(15)19/h3-12H,13H2,1-2H3. The molecule has 0 atom stereocenters. The van der Waals surface area contributed by atoms with Crippen molar-refractivity contribution in [1.29, 1.82) is 0 Å². The molecule has 26 heavy (non-hydrogen) atoms. The molecule has 0 N–H and O–H groups in total. The molecule has 0 aliphatic heterocycles. The van der Waals surface area contributed by atoms with Crippen molar-refractivity contribution in [1.82, 2.24) is 9.97 Å². The fourth-order valence-corrected chi connectivity index (χ4v) is 3.92. The lowest BCUT2D eigenvalue weighted by molar-refractivity contribution is 0.334. The second kappa shape index (κ2) is 7.22. The highest BCUT2D eigenvalue weighted by Crippen LogP contribution is 2.31. The van der Waals surface area contributed by atoms with Gasteiger partial charge < -0.3 is 9.47 Å². The summed E-state index contributed by atoms with van der Waals surface area (Å²) < 4.78 is 10.5. The molecule has 0 saturated carbocycles. The second-order valence-corrected chi connectivity index (χ2v) is 6.85. The van der Waals surface area contributed by atoms with Crippen LogP contribution in [0.5, 0.6) is 11.8 Å². The zero-order valence-electron chi connectivity index (χ0n) is 14.6. The largest absolute Gasteiger partial charge is 0.477 e. The molecule has 0 spiro atoms. The van der Waals surface area contributed by atoms with Crippen LogP contribution >= 0.6 is 11.8 Å². The van der Waals surface area contributed by atoms with Crippen molar-refractivity contribution in [3.05, 3.63) is 66.2 Å². The summed E-state index contributed by atoms with van der Waals surface area (Å²) in [5, 5.41) is 2.55. The van der Waals surface area contributed by atoms with E-state index < -0.39 is 0 Å². The molecule has 0 aliphatic rings. The van der Waals surface area contributed by atoms with Crippen molar-refractivity contribution in [2.24, 2.45) is 0 Å². The molecular weight excluding hydrogens is 344 g/mol. The van der Waals surface area contributed by atoms with Crippen LogP contribution in [0.25, 0.3) is 21.8 Å². The normalized spacial score (nSPS) is 11.0. The van der Waals surface area contributed by atoms with Crippen LogP contribution in [-0.4, -0.2) is 24.2 Å². The van der Waals surface area contributed by atoms with Gasteiger partial charge in [0.2, 0.25) is 0 Å². The molecule has 0 saturated heterocycles. The van der Waals surface area contributed by atoms with E-state index in [2.05, 4.69) is 64.6 Å². The van der Waals surface area contributed by atoms with Crippen LogP contribution in [0.3, 0.4) is 0 Å². The van der Waals surface area contributed by atoms with E-state index in [0.29, 0.717) is 11.8 Å². The SMILES string of the molecule is COc1nc2ccc(CSc3cccc4ccccc34)cc2nc1OC. The first-order valence-electron chi connectivity index (χ1n) is 8.27. The lowest BCUT2D eigenvalue weighted by Gasteiger charge is -2.09. The van der Waals surface area contributed by atoms with E-state index in [9.17, 15) is 0 Å². The minimum absolute atomic E-state index is 0.401. The molecule has 0 bridgehead atoms. The van der Waals surface area contributed by atoms with Crippen LogP contribution < -0.4 is 9.47 Å². The third-order valence-corrected chi connectivity index (χ3v) is 5.34. The predicted octanol–water partition coefficient (Wildman–Crippen LogP) is 5.09. The van der Waals surface area contributed by atoms with Crippen molar-refractivity contribution < 1.29 is 9.47 Å². The molecule has 0 aliphatic carbocycles. The van der Waals surface area contributed by atoms with Gasteiger partial charge in [-0.3, -0.25) is 0 Å². The summed E-state index contributed by atoms with van der Waals surface area (Å²) in [7, 11) is 3.13. The molecule has 4 nitrogen and oxygen atoms in total. The summed E-state index contributed by atoms with van der Waals surface area (Å²) >= 11 is 1.83. The van der Waals surface area contributed by atoms with E-state index in [4.69, 9.17) is 9.47 Å². The Labute approximate surface area is 156 Å². The van der Waals surface area contributed by atoms with Gasteiger partial charge in [-0.1, -0.05) is 42.5 Å². The Bertz CT molecular complexity index is 1080. The number of nitrogens with zero attached hydrogens (tertiary/aromatic N) is 2. The topological polar surface area (TPSA) is 44.2 Å². The maximum Gasteiger partial charge on any atom is 0.278 e. The molecule has 0 amide bonds. The molecule has 3 aromatic carbocycles. The van der Waals surface area contributed by atoms with Gasteiger partial charge in [-0.05, 0) is 34.5 Å². The van der Waals surface area contributed by atoms with Crippen LogP contribution in [0.2, 0.25) is 0 Å². The first-order valence-corrected chi connectivity index (χ1v) is 9.26. The van der Waals surface area contributed by atoms with E-state index in [1.54, 1.807) is 14.2 Å². The van der Waals surface area contributed by atoms with Gasteiger partial charge >= 0.3 is 0 Å². The van der Waals surface area contributed by atoms with E-state index in [1.807, 2.05) is 17.8 Å². The number of thioether (sulfide) groups is 1. The van der Waals surface area contributed by atoms with Crippen molar-refractivity contribution in [2.75, 3.05) is 14.2 Å². The molecule has 5 heteroatoms. The number of fused-ring (bicyclic) bond motifs is 2. The minimum atomic E-state index is 0.401. The Morgan fingerprint density at radius 3 is 2.35 bits per heavy atom. The number of benzene rings is 3. The van der Waals surface area contributed by atoms with Crippen LogP contribution in [0.1, 0.15) is 5.56 Å². The van der Waals surface area contributed by atoms with E-state index in [0.717, 1.165) is 16.8 Å². The molecule has 130 valence electrons. The Hall–Kier alpha value is -2.79. The predicted molar refractivity (Wildman–Crippen MR) is 106 cm³/mol. The van der Waals surface area contributed by atoms with Gasteiger partial charge in [0.25, 0.3) is 11.8 Å². The van der Waals surface area contributed by atoms with Gasteiger partial charge in [0, 0.05) is 10.6 Å². The molecule has 1 aromatic heterocycles. The van der Waals surface area contributed by atoms with Gasteiger partial charge in [0.1, 0.15) is 0 Å². The van der Waals surface area contributed by atoms with E-state index >= 15 is 0 Å². The molecule has 0 radical (unpaired) electrons. The van der Waals surface area contributed by atoms with Crippen molar-refractivity contribution in [2.45, 2.75) is 10.6 Å². The lowest BCUT2D eigenvalue weighted by Crippen LogP contribution is -1.97. The van der Waals surface area contributed by atoms with Gasteiger partial charge in [0.05, 0.1) is 25.3 Å². The zero-order valence-corrected chi connectivity index (χ0v) is 15.4. The maximum atomic E-state index is 5.26. The minimum Gasteiger partial charge on any atom is -0.477 e. The third kappa shape index (κ3) is 3.18. The molecule has 0 unspecified atom stereocenters. The zero-order chi connectivity index (χ0) is 17.9. The highest BCUT2D eigenvalue weighted by molar-refractivity contribution is 7.98. The Balaban J connectivity index is 1.63. The van der Waals surface area contributed by atoms with Gasteiger partial charge in [-0.2, -0.15) is 0 Å². The maximum absolute atomic E-state index is 5.26. The summed E-state index contributed by atoms with van der Waals surface area (Å²) in [5.74, 6) is 1.66. The number of aromatic nitrogens is 2. The summed E-state index contributed by atoms with van der Waals surface area (Å²) in [4.78, 5) is 10.2. The van der Waals surface area contributed by atoms with Gasteiger partial charge in [0.15, 0.2) is 0 Å². The Morgan fingerprint density at radius 2 is 1.54 bits per heavy atom. The molecule has 0 fully saturated rings. The van der Waals surface area contributed by atoms with Crippen molar-refractivity contribution in [3.8, 4) is 11.8 Å². The highest BCUT2D eigenvalue weighted by Gasteiger charge is 2.10. The number of methoxy groups -OCH3 is 2. The smallest absolute Gasteiger partial charge is 0.278 e. The summed E-state index contributed by atoms with van der Waals surface area (Å²) in [6.45, 7) is 0. The van der Waals surface area contributed by atoms with E-state index in [1.165, 1.54) is 21.2 Å². The fraction of sp³-hybridized carbons (Fsp3) is 0.143. The van der Waals surface area contributed by atoms with Crippen LogP contribution in [-0.2, 0) is 5.75 Å². The van der Waals surface area contributed by atoms with Crippen molar-refractivity contribution in [3.63, 3.8) is 0 Å². The monoisotopic (exact) mass is 362 g/mol. The Kier molecular flexibility index (Phi) is 4.63. The number of ether oxygens (including phenoxy) is 2. The first kappa shape index (κ1) is 16.7. The Morgan fingerprint density at radius 1 is 0.808 bits per heavy atom. The van der Waals surface area contributed by atoms with Gasteiger partial charge in [-0.15, -0.1) is 11.8 Å². The summed E-state index contributed by atoms with van der Waals surface area (Å²) in [6.07, 6.45) is 0. The number of rotatable bonds is 5. The summed E-state index contributed by atoms with van der Waals surface area (Å²) in [6, 6.07) is 21.0. The fourth-order valence-electron chi connectivity index (χ4n) is 2.91. The first-order chi connectivity index (χ1) is 12.8.